The summed E-state index contributed by atoms with van der Waals surface area (Å²) >= 11 is 0. The normalized spacial score (nSPS) is 28.6. The van der Waals surface area contributed by atoms with E-state index < -0.39 is 42.8 Å². The highest BCUT2D eigenvalue weighted by Gasteiger charge is 2.42. The molecule has 0 bridgehead atoms. The van der Waals surface area contributed by atoms with Crippen LogP contribution in [0.3, 0.4) is 0 Å². The van der Waals surface area contributed by atoms with Crippen molar-refractivity contribution in [2.75, 3.05) is 32.9 Å². The van der Waals surface area contributed by atoms with E-state index in [4.69, 9.17) is 9.84 Å². The number of carbonyl (C=O) groups excluding carboxylic acids is 2. The first-order valence-corrected chi connectivity index (χ1v) is 8.81. The standard InChI is InChI=1S/C16H30N2O8/c19-8-10-7-11(15(24)16(25)14(10)23)26-6-1-3-12(21)17-4-2-5-18-13(22)9-20/h10-11,14-16,19-20,23-25H,1-9H2,(H,17,21)(H,18,22)/t10?,11-,14+,15?,16+/m0/s1. The number of rotatable bonds is 11. The second kappa shape index (κ2) is 12.2. The second-order valence-electron chi connectivity index (χ2n) is 6.37. The second-order valence-corrected chi connectivity index (χ2v) is 6.37. The van der Waals surface area contributed by atoms with Crippen molar-refractivity contribution in [1.82, 2.24) is 10.6 Å². The van der Waals surface area contributed by atoms with E-state index in [1.54, 1.807) is 0 Å². The van der Waals surface area contributed by atoms with Gasteiger partial charge in [-0.25, -0.2) is 0 Å². The number of carbonyl (C=O) groups is 2. The predicted molar refractivity (Wildman–Crippen MR) is 89.9 cm³/mol. The first kappa shape index (κ1) is 22.7. The monoisotopic (exact) mass is 378 g/mol. The molecule has 152 valence electrons. The van der Waals surface area contributed by atoms with Gasteiger partial charge >= 0.3 is 0 Å². The predicted octanol–water partition coefficient (Wildman–Crippen LogP) is -3.14. The number of aliphatic hydroxyl groups is 5. The van der Waals surface area contributed by atoms with Crippen LogP contribution < -0.4 is 10.6 Å². The molecule has 0 heterocycles. The highest BCUT2D eigenvalue weighted by atomic mass is 16.5. The van der Waals surface area contributed by atoms with Gasteiger partial charge in [0.2, 0.25) is 11.8 Å². The van der Waals surface area contributed by atoms with Crippen molar-refractivity contribution in [2.24, 2.45) is 5.92 Å². The minimum absolute atomic E-state index is 0.171. The smallest absolute Gasteiger partial charge is 0.245 e. The highest BCUT2D eigenvalue weighted by molar-refractivity contribution is 5.77. The average Bonchev–Trinajstić information content (AvgIpc) is 2.64. The molecule has 7 N–H and O–H groups in total. The Morgan fingerprint density at radius 1 is 0.923 bits per heavy atom. The lowest BCUT2D eigenvalue weighted by Gasteiger charge is -2.39. The van der Waals surface area contributed by atoms with Gasteiger partial charge in [0.1, 0.15) is 18.8 Å². The summed E-state index contributed by atoms with van der Waals surface area (Å²) in [5.41, 5.74) is 0. The van der Waals surface area contributed by atoms with Gasteiger partial charge in [0.05, 0.1) is 12.2 Å². The van der Waals surface area contributed by atoms with Crippen LogP contribution in [-0.2, 0) is 14.3 Å². The number of hydrogen-bond acceptors (Lipinski definition) is 8. The first-order valence-electron chi connectivity index (χ1n) is 8.81. The van der Waals surface area contributed by atoms with Crippen LogP contribution in [-0.4, -0.2) is 94.7 Å². The maximum Gasteiger partial charge on any atom is 0.245 e. The van der Waals surface area contributed by atoms with E-state index in [0.717, 1.165) is 0 Å². The van der Waals surface area contributed by atoms with Crippen LogP contribution in [0.1, 0.15) is 25.7 Å². The molecule has 10 nitrogen and oxygen atoms in total. The summed E-state index contributed by atoms with van der Waals surface area (Å²) in [5.74, 6) is -1.19. The van der Waals surface area contributed by atoms with Gasteiger partial charge in [-0.15, -0.1) is 0 Å². The minimum atomic E-state index is -1.37. The highest BCUT2D eigenvalue weighted by Crippen LogP contribution is 2.27. The molecule has 0 saturated heterocycles. The summed E-state index contributed by atoms with van der Waals surface area (Å²) in [6.45, 7) is 0.0866. The Hall–Kier alpha value is -1.30. The lowest BCUT2D eigenvalue weighted by Crippen LogP contribution is -2.55. The fourth-order valence-corrected chi connectivity index (χ4v) is 2.78. The zero-order valence-corrected chi connectivity index (χ0v) is 14.7. The number of hydrogen-bond donors (Lipinski definition) is 7. The summed E-state index contributed by atoms with van der Waals surface area (Å²) < 4.78 is 5.49. The van der Waals surface area contributed by atoms with Gasteiger partial charge in [-0.2, -0.15) is 0 Å². The van der Waals surface area contributed by atoms with Crippen LogP contribution in [0.25, 0.3) is 0 Å². The van der Waals surface area contributed by atoms with Crippen LogP contribution in [0.4, 0.5) is 0 Å². The van der Waals surface area contributed by atoms with E-state index >= 15 is 0 Å². The number of aliphatic hydroxyl groups excluding tert-OH is 5. The van der Waals surface area contributed by atoms with E-state index in [-0.39, 0.29) is 32.0 Å². The van der Waals surface area contributed by atoms with Crippen molar-refractivity contribution in [2.45, 2.75) is 50.1 Å². The van der Waals surface area contributed by atoms with Crippen LogP contribution in [0.2, 0.25) is 0 Å². The molecule has 1 rings (SSSR count). The van der Waals surface area contributed by atoms with Crippen molar-refractivity contribution in [3.8, 4) is 0 Å². The van der Waals surface area contributed by atoms with E-state index in [1.165, 1.54) is 0 Å². The molecule has 10 heteroatoms. The Kier molecular flexibility index (Phi) is 10.6. The fourth-order valence-electron chi connectivity index (χ4n) is 2.78. The third-order valence-corrected chi connectivity index (χ3v) is 4.35. The summed E-state index contributed by atoms with van der Waals surface area (Å²) in [5, 5.41) is 52.3. The number of nitrogens with one attached hydrogen (secondary N) is 2. The molecule has 0 aromatic rings. The molecule has 26 heavy (non-hydrogen) atoms. The molecular weight excluding hydrogens is 348 g/mol. The van der Waals surface area contributed by atoms with E-state index in [2.05, 4.69) is 10.6 Å². The van der Waals surface area contributed by atoms with Crippen molar-refractivity contribution in [1.29, 1.82) is 0 Å². The van der Waals surface area contributed by atoms with Crippen LogP contribution in [0.15, 0.2) is 0 Å². The topological polar surface area (TPSA) is 169 Å². The van der Waals surface area contributed by atoms with E-state index in [0.29, 0.717) is 25.9 Å². The number of amides is 2. The number of ether oxygens (including phenoxy) is 1. The molecule has 0 radical (unpaired) electrons. The average molecular weight is 378 g/mol. The van der Waals surface area contributed by atoms with Gasteiger partial charge in [0.15, 0.2) is 0 Å². The zero-order valence-electron chi connectivity index (χ0n) is 14.7. The molecule has 2 unspecified atom stereocenters. The van der Waals surface area contributed by atoms with Crippen LogP contribution in [0, 0.1) is 5.92 Å². The Morgan fingerprint density at radius 2 is 1.58 bits per heavy atom. The third-order valence-electron chi connectivity index (χ3n) is 4.35. The van der Waals surface area contributed by atoms with Crippen LogP contribution in [0.5, 0.6) is 0 Å². The van der Waals surface area contributed by atoms with E-state index in [9.17, 15) is 30.0 Å². The van der Waals surface area contributed by atoms with Gasteiger partial charge in [-0.3, -0.25) is 9.59 Å². The summed E-state index contributed by atoms with van der Waals surface area (Å²) in [6.07, 6.45) is -3.10. The van der Waals surface area contributed by atoms with Crippen molar-refractivity contribution in [3.63, 3.8) is 0 Å². The molecule has 0 aromatic heterocycles. The van der Waals surface area contributed by atoms with Crippen molar-refractivity contribution in [3.05, 3.63) is 0 Å². The van der Waals surface area contributed by atoms with Gasteiger partial charge in [0, 0.05) is 38.6 Å². The Balaban J connectivity index is 2.13. The van der Waals surface area contributed by atoms with Gasteiger partial charge in [-0.05, 0) is 19.3 Å². The minimum Gasteiger partial charge on any atom is -0.396 e. The molecule has 1 fully saturated rings. The fraction of sp³-hybridized carbons (Fsp3) is 0.875. The van der Waals surface area contributed by atoms with E-state index in [1.807, 2.05) is 0 Å². The molecule has 0 aliphatic heterocycles. The van der Waals surface area contributed by atoms with Gasteiger partial charge < -0.3 is 40.9 Å². The Bertz CT molecular complexity index is 434. The Labute approximate surface area is 152 Å². The third kappa shape index (κ3) is 7.52. The molecule has 5 atom stereocenters. The molecular formula is C16H30N2O8. The first-order chi connectivity index (χ1) is 12.4. The van der Waals surface area contributed by atoms with Crippen molar-refractivity contribution < 1.29 is 39.9 Å². The van der Waals surface area contributed by atoms with Gasteiger partial charge in [0.25, 0.3) is 0 Å². The molecule has 2 amide bonds. The maximum atomic E-state index is 11.7. The largest absolute Gasteiger partial charge is 0.396 e. The zero-order chi connectivity index (χ0) is 19.5. The molecule has 1 aliphatic carbocycles. The maximum absolute atomic E-state index is 11.7. The SMILES string of the molecule is O=C(CO)NCCCNC(=O)CCCO[C@H]1CC(CO)[C@@H](O)[C@@H](O)C1O. The summed E-state index contributed by atoms with van der Waals surface area (Å²) in [4.78, 5) is 22.4. The molecule has 0 spiro atoms. The summed E-state index contributed by atoms with van der Waals surface area (Å²) in [6, 6.07) is 0. The van der Waals surface area contributed by atoms with Gasteiger partial charge in [-0.1, -0.05) is 0 Å². The van der Waals surface area contributed by atoms with Crippen molar-refractivity contribution >= 4 is 11.8 Å². The quantitative estimate of drug-likeness (QED) is 0.185. The summed E-state index contributed by atoms with van der Waals surface area (Å²) in [7, 11) is 0. The lowest BCUT2D eigenvalue weighted by molar-refractivity contribution is -0.178. The lowest BCUT2D eigenvalue weighted by atomic mass is 9.81. The molecule has 1 aliphatic rings. The van der Waals surface area contributed by atoms with Crippen LogP contribution >= 0.6 is 0 Å². The molecule has 1 saturated carbocycles. The molecule has 0 aromatic carbocycles. The Morgan fingerprint density at radius 3 is 2.19 bits per heavy atom.